The molecule has 2 aliphatic rings. The van der Waals surface area contributed by atoms with Gasteiger partial charge in [-0.2, -0.15) is 4.98 Å². The normalized spacial score (nSPS) is 16.4. The van der Waals surface area contributed by atoms with E-state index in [2.05, 4.69) is 15.3 Å². The molecule has 1 atom stereocenters. The largest absolute Gasteiger partial charge is 0.474 e. The van der Waals surface area contributed by atoms with Gasteiger partial charge in [0.05, 0.1) is 6.61 Å². The number of benzene rings is 1. The maximum Gasteiger partial charge on any atom is 0.409 e. The number of aromatic nitrogens is 2. The van der Waals surface area contributed by atoms with Crippen LogP contribution in [0.2, 0.25) is 0 Å². The smallest absolute Gasteiger partial charge is 0.409 e. The van der Waals surface area contributed by atoms with Crippen molar-refractivity contribution in [3.8, 4) is 17.3 Å². The van der Waals surface area contributed by atoms with Gasteiger partial charge in [0.1, 0.15) is 17.8 Å². The number of nitrogens with zero attached hydrogens (tertiary/aromatic N) is 4. The molecule has 12 heteroatoms. The van der Waals surface area contributed by atoms with Crippen LogP contribution >= 0.6 is 12.4 Å². The number of rotatable bonds is 8. The molecule has 2 heterocycles. The number of ether oxygens (including phenoxy) is 2. The van der Waals surface area contributed by atoms with E-state index in [4.69, 9.17) is 15.2 Å². The molecule has 1 saturated carbocycles. The van der Waals surface area contributed by atoms with E-state index >= 15 is 0 Å². The average molecular weight is 547 g/mol. The van der Waals surface area contributed by atoms with Gasteiger partial charge < -0.3 is 30.3 Å². The summed E-state index contributed by atoms with van der Waals surface area (Å²) in [6.45, 7) is 3.32. The van der Waals surface area contributed by atoms with Gasteiger partial charge in [-0.15, -0.1) is 12.4 Å². The fourth-order valence-corrected chi connectivity index (χ4v) is 4.49. The Bertz CT molecular complexity index is 1090. The lowest BCUT2D eigenvalue weighted by Gasteiger charge is -2.35. The number of nitrogens with two attached hydrogens (primary N) is 1. The first-order valence-corrected chi connectivity index (χ1v) is 12.8. The molecule has 1 aromatic heterocycles. The van der Waals surface area contributed by atoms with Gasteiger partial charge >= 0.3 is 6.09 Å². The van der Waals surface area contributed by atoms with E-state index in [1.165, 1.54) is 6.07 Å². The molecule has 1 aromatic carbocycles. The molecule has 1 unspecified atom stereocenters. The molecule has 2 aromatic rings. The van der Waals surface area contributed by atoms with E-state index in [0.29, 0.717) is 44.5 Å². The molecule has 3 N–H and O–H groups in total. The summed E-state index contributed by atoms with van der Waals surface area (Å²) in [5, 5.41) is 2.73. The van der Waals surface area contributed by atoms with Gasteiger partial charge in [0, 0.05) is 44.4 Å². The van der Waals surface area contributed by atoms with Crippen LogP contribution in [-0.2, 0) is 9.53 Å². The standard InChI is InChI=1S/C26H34N6O5.ClH/c1-2-36-26(35)32-14-12-31(13-15-32)25(34)21(17-27)29-24(33)20-16-22(37-19-10-6-7-11-19)30-23(28-20)18-8-4-3-5-9-18;/h3-5,8-9,16,19,21H,2,6-7,10-15,17,27H2,1H3,(H,29,33);1H. The number of nitrogens with one attached hydrogen (secondary N) is 1. The van der Waals surface area contributed by atoms with Crippen molar-refractivity contribution < 1.29 is 23.9 Å². The number of hydrogen-bond donors (Lipinski definition) is 2. The fourth-order valence-electron chi connectivity index (χ4n) is 4.49. The Morgan fingerprint density at radius 3 is 2.34 bits per heavy atom. The maximum atomic E-state index is 13.2. The van der Waals surface area contributed by atoms with Crippen LogP contribution in [0.4, 0.5) is 4.79 Å². The van der Waals surface area contributed by atoms with E-state index in [-0.39, 0.29) is 36.7 Å². The van der Waals surface area contributed by atoms with Crippen molar-refractivity contribution in [2.45, 2.75) is 44.8 Å². The van der Waals surface area contributed by atoms with E-state index in [9.17, 15) is 14.4 Å². The molecule has 1 aliphatic carbocycles. The highest BCUT2D eigenvalue weighted by Crippen LogP contribution is 2.25. The van der Waals surface area contributed by atoms with Crippen LogP contribution < -0.4 is 15.8 Å². The van der Waals surface area contributed by atoms with Gasteiger partial charge in [-0.1, -0.05) is 30.3 Å². The third-order valence-electron chi connectivity index (χ3n) is 6.51. The molecule has 3 amide bonds. The minimum absolute atomic E-state index is 0. The van der Waals surface area contributed by atoms with Crippen molar-refractivity contribution in [3.63, 3.8) is 0 Å². The minimum atomic E-state index is -0.934. The summed E-state index contributed by atoms with van der Waals surface area (Å²) in [5.74, 6) is -0.146. The molecule has 0 radical (unpaired) electrons. The van der Waals surface area contributed by atoms with Crippen molar-refractivity contribution in [2.75, 3.05) is 39.3 Å². The number of hydrogen-bond acceptors (Lipinski definition) is 8. The van der Waals surface area contributed by atoms with E-state index < -0.39 is 18.0 Å². The van der Waals surface area contributed by atoms with Gasteiger partial charge in [0.2, 0.25) is 11.8 Å². The van der Waals surface area contributed by atoms with Gasteiger partial charge in [-0.3, -0.25) is 9.59 Å². The second kappa shape index (κ2) is 13.9. The number of halogens is 1. The van der Waals surface area contributed by atoms with Crippen LogP contribution in [0, 0.1) is 0 Å². The van der Waals surface area contributed by atoms with Gasteiger partial charge in [0.15, 0.2) is 5.82 Å². The van der Waals surface area contributed by atoms with Crippen molar-refractivity contribution in [2.24, 2.45) is 5.73 Å². The zero-order valence-corrected chi connectivity index (χ0v) is 22.3. The average Bonchev–Trinajstić information content (AvgIpc) is 3.44. The lowest BCUT2D eigenvalue weighted by Crippen LogP contribution is -2.57. The molecule has 1 saturated heterocycles. The molecule has 2 fully saturated rings. The molecule has 1 aliphatic heterocycles. The Morgan fingerprint density at radius 1 is 1.05 bits per heavy atom. The zero-order chi connectivity index (χ0) is 26.2. The maximum absolute atomic E-state index is 13.2. The van der Waals surface area contributed by atoms with Crippen molar-refractivity contribution in [1.29, 1.82) is 0 Å². The van der Waals surface area contributed by atoms with E-state index in [1.807, 2.05) is 30.3 Å². The molecule has 11 nitrogen and oxygen atoms in total. The number of carbonyl (C=O) groups excluding carboxylic acids is 3. The quantitative estimate of drug-likeness (QED) is 0.514. The molecule has 0 spiro atoms. The summed E-state index contributed by atoms with van der Waals surface area (Å²) in [7, 11) is 0. The van der Waals surface area contributed by atoms with Crippen LogP contribution in [0.1, 0.15) is 43.1 Å². The third kappa shape index (κ3) is 7.32. The Morgan fingerprint density at radius 2 is 1.71 bits per heavy atom. The van der Waals surface area contributed by atoms with Crippen LogP contribution in [0.15, 0.2) is 36.4 Å². The summed E-state index contributed by atoms with van der Waals surface area (Å²) in [4.78, 5) is 50.4. The Balaban J connectivity index is 0.00000400. The van der Waals surface area contributed by atoms with Crippen LogP contribution in [-0.4, -0.2) is 89.2 Å². The van der Waals surface area contributed by atoms with E-state index in [0.717, 1.165) is 31.2 Å². The highest BCUT2D eigenvalue weighted by atomic mass is 35.5. The Labute approximate surface area is 228 Å². The van der Waals surface area contributed by atoms with Crippen molar-refractivity contribution in [3.05, 3.63) is 42.1 Å². The summed E-state index contributed by atoms with van der Waals surface area (Å²) in [5.41, 5.74) is 6.72. The number of amides is 3. The zero-order valence-electron chi connectivity index (χ0n) is 21.5. The lowest BCUT2D eigenvalue weighted by molar-refractivity contribution is -0.134. The number of piperazine rings is 1. The minimum Gasteiger partial charge on any atom is -0.474 e. The molecule has 38 heavy (non-hydrogen) atoms. The van der Waals surface area contributed by atoms with Gasteiger partial charge in [-0.05, 0) is 32.6 Å². The first kappa shape index (κ1) is 29.1. The topological polar surface area (TPSA) is 140 Å². The molecule has 0 bridgehead atoms. The van der Waals surface area contributed by atoms with Gasteiger partial charge in [-0.25, -0.2) is 9.78 Å². The second-order valence-corrected chi connectivity index (χ2v) is 9.08. The Kier molecular flexibility index (Phi) is 10.7. The lowest BCUT2D eigenvalue weighted by atomic mass is 10.2. The summed E-state index contributed by atoms with van der Waals surface area (Å²) in [6, 6.07) is 9.92. The Hall–Kier alpha value is -3.44. The van der Waals surface area contributed by atoms with E-state index in [1.54, 1.807) is 16.7 Å². The summed E-state index contributed by atoms with van der Waals surface area (Å²) in [6.07, 6.45) is 3.75. The predicted octanol–water partition coefficient (Wildman–Crippen LogP) is 2.24. The summed E-state index contributed by atoms with van der Waals surface area (Å²) >= 11 is 0. The van der Waals surface area contributed by atoms with Crippen molar-refractivity contribution in [1.82, 2.24) is 25.1 Å². The second-order valence-electron chi connectivity index (χ2n) is 9.08. The first-order chi connectivity index (χ1) is 18.0. The van der Waals surface area contributed by atoms with Crippen LogP contribution in [0.5, 0.6) is 5.88 Å². The molecular weight excluding hydrogens is 512 g/mol. The predicted molar refractivity (Wildman–Crippen MR) is 143 cm³/mol. The molecule has 4 rings (SSSR count). The third-order valence-corrected chi connectivity index (χ3v) is 6.51. The SMILES string of the molecule is CCOC(=O)N1CCN(C(=O)C(CN)NC(=O)c2cc(OC3CCCC3)nc(-c3ccccc3)n2)CC1.Cl. The monoisotopic (exact) mass is 546 g/mol. The van der Waals surface area contributed by atoms with Crippen LogP contribution in [0.25, 0.3) is 11.4 Å². The first-order valence-electron chi connectivity index (χ1n) is 12.8. The fraction of sp³-hybridized carbons (Fsp3) is 0.500. The van der Waals surface area contributed by atoms with Crippen molar-refractivity contribution >= 4 is 30.3 Å². The molecule has 206 valence electrons. The molecular formula is C26H35ClN6O5. The highest BCUT2D eigenvalue weighted by molar-refractivity contribution is 5.96. The highest BCUT2D eigenvalue weighted by Gasteiger charge is 2.30. The van der Waals surface area contributed by atoms with Gasteiger partial charge in [0.25, 0.3) is 5.91 Å². The summed E-state index contributed by atoms with van der Waals surface area (Å²) < 4.78 is 11.1. The van der Waals surface area contributed by atoms with Crippen LogP contribution in [0.3, 0.4) is 0 Å². The number of carbonyl (C=O) groups is 3.